The highest BCUT2D eigenvalue weighted by Gasteiger charge is 2.27. The minimum Gasteiger partial charge on any atom is -0.497 e. The molecule has 6 nitrogen and oxygen atoms in total. The van der Waals surface area contributed by atoms with Crippen molar-refractivity contribution in [2.45, 2.75) is 0 Å². The number of piperazine rings is 1. The van der Waals surface area contributed by atoms with Crippen LogP contribution in [0.3, 0.4) is 0 Å². The molecule has 2 N–H and O–H groups in total. The number of carbonyl (C=O) groups excluding carboxylic acids is 1. The Bertz CT molecular complexity index is 942. The number of amides is 1. The van der Waals surface area contributed by atoms with Crippen LogP contribution in [0, 0.1) is 0 Å². The second-order valence-corrected chi connectivity index (χ2v) is 6.32. The number of rotatable bonds is 3. The topological polar surface area (TPSA) is 71.9 Å². The van der Waals surface area contributed by atoms with E-state index in [1.807, 2.05) is 42.5 Å². The third kappa shape index (κ3) is 2.83. The van der Waals surface area contributed by atoms with Gasteiger partial charge in [0, 0.05) is 43.3 Å². The van der Waals surface area contributed by atoms with E-state index in [1.54, 1.807) is 12.0 Å². The van der Waals surface area contributed by atoms with E-state index in [0.29, 0.717) is 24.4 Å². The monoisotopic (exact) mass is 351 g/mol. The summed E-state index contributed by atoms with van der Waals surface area (Å²) in [5.74, 6) is 0.918. The first kappa shape index (κ1) is 16.3. The van der Waals surface area contributed by atoms with Gasteiger partial charge in [-0.05, 0) is 24.3 Å². The number of methoxy groups -OCH3 is 1. The molecule has 1 saturated heterocycles. The van der Waals surface area contributed by atoms with Gasteiger partial charge in [-0.25, -0.2) is 0 Å². The van der Waals surface area contributed by atoms with E-state index in [2.05, 4.69) is 11.0 Å². The summed E-state index contributed by atoms with van der Waals surface area (Å²) >= 11 is 0. The molecule has 1 amide bonds. The van der Waals surface area contributed by atoms with E-state index in [-0.39, 0.29) is 11.7 Å². The van der Waals surface area contributed by atoms with Gasteiger partial charge in [0.05, 0.1) is 12.8 Å². The minimum absolute atomic E-state index is 0.149. The fraction of sp³-hybridized carbons (Fsp3) is 0.250. The normalized spacial score (nSPS) is 14.7. The molecule has 3 aromatic rings. The molecule has 4 rings (SSSR count). The maximum atomic E-state index is 12.8. The van der Waals surface area contributed by atoms with Crippen molar-refractivity contribution in [3.05, 3.63) is 54.3 Å². The Kier molecular flexibility index (Phi) is 4.16. The van der Waals surface area contributed by atoms with Gasteiger partial charge in [-0.1, -0.05) is 18.2 Å². The lowest BCUT2D eigenvalue weighted by molar-refractivity contribution is 0.0718. The predicted molar refractivity (Wildman–Crippen MR) is 102 cm³/mol. The van der Waals surface area contributed by atoms with Crippen molar-refractivity contribution in [1.29, 1.82) is 0 Å². The van der Waals surface area contributed by atoms with E-state index < -0.39 is 0 Å². The highest BCUT2D eigenvalue weighted by molar-refractivity contribution is 6.05. The van der Waals surface area contributed by atoms with Crippen molar-refractivity contribution in [1.82, 2.24) is 4.90 Å². The zero-order valence-electron chi connectivity index (χ0n) is 14.6. The highest BCUT2D eigenvalue weighted by atomic mass is 16.5. The van der Waals surface area contributed by atoms with Gasteiger partial charge in [0.25, 0.3) is 5.91 Å². The number of hydrogen-bond acceptors (Lipinski definition) is 5. The van der Waals surface area contributed by atoms with Crippen molar-refractivity contribution in [2.24, 2.45) is 0 Å². The second kappa shape index (κ2) is 6.63. The molecule has 2 heterocycles. The molecule has 2 aromatic carbocycles. The van der Waals surface area contributed by atoms with Crippen LogP contribution in [-0.4, -0.2) is 44.1 Å². The van der Waals surface area contributed by atoms with Gasteiger partial charge in [0.2, 0.25) is 5.76 Å². The largest absolute Gasteiger partial charge is 0.497 e. The van der Waals surface area contributed by atoms with E-state index in [1.165, 1.54) is 0 Å². The summed E-state index contributed by atoms with van der Waals surface area (Å²) in [6.45, 7) is 2.73. The fourth-order valence-corrected chi connectivity index (χ4v) is 3.34. The molecular weight excluding hydrogens is 330 g/mol. The van der Waals surface area contributed by atoms with Crippen LogP contribution in [0.4, 0.5) is 11.4 Å². The summed E-state index contributed by atoms with van der Waals surface area (Å²) < 4.78 is 11.0. The Hall–Kier alpha value is -3.15. The van der Waals surface area contributed by atoms with Gasteiger partial charge in [0.15, 0.2) is 0 Å². The number of furan rings is 1. The third-order valence-electron chi connectivity index (χ3n) is 4.81. The predicted octanol–water partition coefficient (Wildman–Crippen LogP) is 2.99. The molecule has 1 aliphatic rings. The van der Waals surface area contributed by atoms with Gasteiger partial charge in [-0.3, -0.25) is 4.79 Å². The van der Waals surface area contributed by atoms with E-state index >= 15 is 0 Å². The van der Waals surface area contributed by atoms with E-state index in [0.717, 1.165) is 29.9 Å². The van der Waals surface area contributed by atoms with Crippen LogP contribution < -0.4 is 15.4 Å². The number of anilines is 2. The van der Waals surface area contributed by atoms with Crippen molar-refractivity contribution in [2.75, 3.05) is 43.9 Å². The number of carbonyl (C=O) groups is 1. The molecule has 134 valence electrons. The lowest BCUT2D eigenvalue weighted by Gasteiger charge is -2.35. The Morgan fingerprint density at radius 2 is 1.85 bits per heavy atom. The highest BCUT2D eigenvalue weighted by Crippen LogP contribution is 2.29. The maximum Gasteiger partial charge on any atom is 0.291 e. The number of nitrogen functional groups attached to an aromatic ring is 1. The lowest BCUT2D eigenvalue weighted by atomic mass is 10.2. The number of para-hydroxylation sites is 1. The van der Waals surface area contributed by atoms with Crippen molar-refractivity contribution < 1.29 is 13.9 Å². The second-order valence-electron chi connectivity index (χ2n) is 6.32. The maximum absolute atomic E-state index is 12.8. The van der Waals surface area contributed by atoms with Crippen LogP contribution in [0.1, 0.15) is 10.6 Å². The fourth-order valence-electron chi connectivity index (χ4n) is 3.34. The third-order valence-corrected chi connectivity index (χ3v) is 4.81. The summed E-state index contributed by atoms with van der Waals surface area (Å²) in [5.41, 5.74) is 8.29. The van der Waals surface area contributed by atoms with Crippen LogP contribution in [0.25, 0.3) is 11.0 Å². The first-order valence-corrected chi connectivity index (χ1v) is 8.62. The van der Waals surface area contributed by atoms with E-state index in [4.69, 9.17) is 14.9 Å². The molecule has 0 unspecified atom stereocenters. The Morgan fingerprint density at radius 3 is 2.58 bits per heavy atom. The zero-order chi connectivity index (χ0) is 18.1. The standard InChI is InChI=1S/C20H21N3O3/c1-25-15-6-4-5-14(13-15)22-9-11-23(12-10-22)20(24)19-18(21)16-7-2-3-8-17(16)26-19/h2-8,13H,9-12,21H2,1H3. The molecule has 1 fully saturated rings. The van der Waals surface area contributed by atoms with Crippen LogP contribution in [0.2, 0.25) is 0 Å². The van der Waals surface area contributed by atoms with Gasteiger partial charge in [-0.2, -0.15) is 0 Å². The molecule has 0 atom stereocenters. The summed E-state index contributed by atoms with van der Waals surface area (Å²) in [5, 5.41) is 0.783. The number of hydrogen-bond donors (Lipinski definition) is 1. The van der Waals surface area contributed by atoms with Crippen LogP contribution >= 0.6 is 0 Å². The molecule has 1 aromatic heterocycles. The average Bonchev–Trinajstić information content (AvgIpc) is 3.04. The SMILES string of the molecule is COc1cccc(N2CCN(C(=O)c3oc4ccccc4c3N)CC2)c1. The smallest absolute Gasteiger partial charge is 0.291 e. The van der Waals surface area contributed by atoms with Crippen LogP contribution in [0.5, 0.6) is 5.75 Å². The lowest BCUT2D eigenvalue weighted by Crippen LogP contribution is -2.48. The van der Waals surface area contributed by atoms with Gasteiger partial charge in [-0.15, -0.1) is 0 Å². The Balaban J connectivity index is 1.48. The Morgan fingerprint density at radius 1 is 1.08 bits per heavy atom. The van der Waals surface area contributed by atoms with Crippen LogP contribution in [-0.2, 0) is 0 Å². The molecule has 0 aliphatic carbocycles. The number of fused-ring (bicyclic) bond motifs is 1. The molecule has 0 bridgehead atoms. The summed E-state index contributed by atoms with van der Waals surface area (Å²) in [6, 6.07) is 15.4. The first-order chi connectivity index (χ1) is 12.7. The van der Waals surface area contributed by atoms with Crippen molar-refractivity contribution in [3.63, 3.8) is 0 Å². The van der Waals surface area contributed by atoms with E-state index in [9.17, 15) is 4.79 Å². The molecule has 26 heavy (non-hydrogen) atoms. The number of benzene rings is 2. The quantitative estimate of drug-likeness (QED) is 0.785. The van der Waals surface area contributed by atoms with Gasteiger partial charge in [0.1, 0.15) is 11.3 Å². The molecule has 0 radical (unpaired) electrons. The summed E-state index contributed by atoms with van der Waals surface area (Å²) in [7, 11) is 1.66. The van der Waals surface area contributed by atoms with Gasteiger partial charge >= 0.3 is 0 Å². The number of nitrogens with zero attached hydrogens (tertiary/aromatic N) is 2. The van der Waals surface area contributed by atoms with Crippen molar-refractivity contribution >= 4 is 28.3 Å². The minimum atomic E-state index is -0.149. The van der Waals surface area contributed by atoms with Gasteiger partial charge < -0.3 is 24.7 Å². The molecule has 0 saturated carbocycles. The molecule has 6 heteroatoms. The molecule has 0 spiro atoms. The molecular formula is C20H21N3O3. The summed E-state index contributed by atoms with van der Waals surface area (Å²) in [6.07, 6.45) is 0. The molecule has 1 aliphatic heterocycles. The van der Waals surface area contributed by atoms with Crippen molar-refractivity contribution in [3.8, 4) is 5.75 Å². The Labute approximate surface area is 151 Å². The average molecular weight is 351 g/mol. The zero-order valence-corrected chi connectivity index (χ0v) is 14.6. The number of nitrogens with two attached hydrogens (primary N) is 1. The first-order valence-electron chi connectivity index (χ1n) is 8.62. The van der Waals surface area contributed by atoms with Crippen LogP contribution in [0.15, 0.2) is 52.9 Å². The summed E-state index contributed by atoms with van der Waals surface area (Å²) in [4.78, 5) is 16.9. The number of ether oxygens (including phenoxy) is 1.